The minimum atomic E-state index is -1.21. The fraction of sp³-hybridized carbons (Fsp3) is 0.538. The Labute approximate surface area is 139 Å². The summed E-state index contributed by atoms with van der Waals surface area (Å²) in [7, 11) is 0. The van der Waals surface area contributed by atoms with E-state index in [9.17, 15) is 20.3 Å². The molecule has 4 N–H and O–H groups in total. The summed E-state index contributed by atoms with van der Waals surface area (Å²) in [4.78, 5) is 12.7. The van der Waals surface area contributed by atoms with E-state index in [1.165, 1.54) is 12.1 Å². The Morgan fingerprint density at radius 1 is 1.23 bits per heavy atom. The molecule has 0 spiro atoms. The Kier molecular flexibility index (Phi) is 6.54. The van der Waals surface area contributed by atoms with Crippen molar-refractivity contribution in [3.63, 3.8) is 0 Å². The second kappa shape index (κ2) is 7.73. The van der Waals surface area contributed by atoms with Crippen LogP contribution in [-0.2, 0) is 6.54 Å². The van der Waals surface area contributed by atoms with Crippen molar-refractivity contribution < 1.29 is 15.1 Å². The number of nitro benzene ring substituents is 1. The van der Waals surface area contributed by atoms with Gasteiger partial charge >= 0.3 is 0 Å². The Morgan fingerprint density at radius 2 is 1.82 bits per heavy atom. The number of fused-ring (bicyclic) bond motifs is 1. The average Bonchev–Trinajstić information content (AvgIpc) is 2.45. The summed E-state index contributed by atoms with van der Waals surface area (Å²) in [5, 5.41) is 35.8. The molecule has 9 heteroatoms. The maximum Gasteiger partial charge on any atom is 0.271 e. The number of halogens is 1. The van der Waals surface area contributed by atoms with Crippen LogP contribution in [0.5, 0.6) is 0 Å². The van der Waals surface area contributed by atoms with Crippen LogP contribution in [0, 0.1) is 10.1 Å². The fourth-order valence-electron chi connectivity index (χ4n) is 2.35. The lowest BCUT2D eigenvalue weighted by atomic mass is 10.1. The number of anilines is 2. The molecule has 2 rings (SSSR count). The predicted octanol–water partition coefficient (Wildman–Crippen LogP) is 1.49. The molecule has 0 aliphatic carbocycles. The molecule has 2 atom stereocenters. The third-order valence-electron chi connectivity index (χ3n) is 3.60. The van der Waals surface area contributed by atoms with Crippen LogP contribution in [0.4, 0.5) is 17.1 Å². The van der Waals surface area contributed by atoms with Crippen molar-refractivity contribution in [3.05, 3.63) is 27.8 Å². The number of non-ortho nitro benzene ring substituents is 1. The molecule has 0 amide bonds. The molecule has 8 nitrogen and oxygen atoms in total. The quantitative estimate of drug-likeness (QED) is 0.455. The first-order valence-corrected chi connectivity index (χ1v) is 6.89. The van der Waals surface area contributed by atoms with E-state index in [1.54, 1.807) is 0 Å². The van der Waals surface area contributed by atoms with Crippen molar-refractivity contribution in [1.29, 1.82) is 0 Å². The van der Waals surface area contributed by atoms with E-state index in [1.807, 2.05) is 13.8 Å². The highest BCUT2D eigenvalue weighted by Crippen LogP contribution is 2.36. The smallest absolute Gasteiger partial charge is 0.271 e. The van der Waals surface area contributed by atoms with Gasteiger partial charge in [-0.3, -0.25) is 15.0 Å². The molecule has 0 aromatic heterocycles. The van der Waals surface area contributed by atoms with Crippen LogP contribution in [0.15, 0.2) is 12.1 Å². The number of nitro groups is 1. The second-order valence-electron chi connectivity index (χ2n) is 4.92. The van der Waals surface area contributed by atoms with Crippen LogP contribution >= 0.6 is 17.0 Å². The van der Waals surface area contributed by atoms with Crippen LogP contribution in [0.3, 0.4) is 0 Å². The fourth-order valence-corrected chi connectivity index (χ4v) is 2.35. The Bertz CT molecular complexity index is 539. The molecule has 1 aromatic carbocycles. The maximum absolute atomic E-state index is 11.0. The van der Waals surface area contributed by atoms with Crippen LogP contribution in [-0.4, -0.2) is 45.6 Å². The van der Waals surface area contributed by atoms with Gasteiger partial charge in [-0.2, -0.15) is 0 Å². The average molecular weight is 377 g/mol. The molecule has 1 aliphatic heterocycles. The normalized spacial score (nSPS) is 19.7. The Hall–Kier alpha value is -1.42. The number of nitrogens with one attached hydrogen (secondary N) is 2. The van der Waals surface area contributed by atoms with Crippen LogP contribution < -0.4 is 10.6 Å². The molecule has 1 aromatic rings. The molecule has 0 bridgehead atoms. The van der Waals surface area contributed by atoms with E-state index in [2.05, 4.69) is 15.5 Å². The van der Waals surface area contributed by atoms with Crippen molar-refractivity contribution in [2.24, 2.45) is 0 Å². The highest BCUT2D eigenvalue weighted by molar-refractivity contribution is 8.93. The van der Waals surface area contributed by atoms with Gasteiger partial charge in [0.15, 0.2) is 12.5 Å². The van der Waals surface area contributed by atoms with Crippen LogP contribution in [0.1, 0.15) is 19.4 Å². The predicted molar refractivity (Wildman–Crippen MR) is 89.3 cm³/mol. The highest BCUT2D eigenvalue weighted by Gasteiger charge is 2.28. The summed E-state index contributed by atoms with van der Waals surface area (Å²) in [5.41, 5.74) is 1.67. The largest absolute Gasteiger partial charge is 0.369 e. The molecule has 1 heterocycles. The number of aliphatic hydroxyl groups excluding tert-OH is 2. The summed E-state index contributed by atoms with van der Waals surface area (Å²) in [6, 6.07) is 2.85. The van der Waals surface area contributed by atoms with Gasteiger partial charge in [-0.1, -0.05) is 13.8 Å². The molecule has 22 heavy (non-hydrogen) atoms. The summed E-state index contributed by atoms with van der Waals surface area (Å²) >= 11 is 0. The summed E-state index contributed by atoms with van der Waals surface area (Å²) in [6.45, 7) is 6.17. The Balaban J connectivity index is 0.00000242. The van der Waals surface area contributed by atoms with Gasteiger partial charge in [0.2, 0.25) is 0 Å². The summed E-state index contributed by atoms with van der Waals surface area (Å²) in [6.07, 6.45) is -2.37. The second-order valence-corrected chi connectivity index (χ2v) is 4.92. The number of aliphatic hydroxyl groups is 2. The first-order valence-electron chi connectivity index (χ1n) is 6.89. The van der Waals surface area contributed by atoms with Gasteiger partial charge in [-0.15, -0.1) is 17.0 Å². The number of nitrogens with zero attached hydrogens (tertiary/aromatic N) is 2. The van der Waals surface area contributed by atoms with Gasteiger partial charge in [-0.25, -0.2) is 0 Å². The number of rotatable bonds is 5. The molecule has 2 unspecified atom stereocenters. The van der Waals surface area contributed by atoms with Crippen LogP contribution in [0.25, 0.3) is 0 Å². The van der Waals surface area contributed by atoms with E-state index in [0.717, 1.165) is 13.1 Å². The van der Waals surface area contributed by atoms with E-state index in [-0.39, 0.29) is 22.7 Å². The van der Waals surface area contributed by atoms with Gasteiger partial charge < -0.3 is 20.8 Å². The van der Waals surface area contributed by atoms with Gasteiger partial charge in [0.25, 0.3) is 5.69 Å². The molecular weight excluding hydrogens is 356 g/mol. The van der Waals surface area contributed by atoms with E-state index < -0.39 is 17.4 Å². The molecule has 0 radical (unpaired) electrons. The standard InChI is InChI=1S/C13H20N4O4.BrH/c1-3-16(4-2)7-8-5-9(17(20)21)6-10-11(8)15-13(19)12(18)14-10;/h5-6,12-15,18-19H,3-4,7H2,1-2H3;1H. The minimum absolute atomic E-state index is 0. The molecule has 0 fully saturated rings. The number of benzene rings is 1. The maximum atomic E-state index is 11.0. The van der Waals surface area contributed by atoms with Gasteiger partial charge in [0, 0.05) is 18.7 Å². The van der Waals surface area contributed by atoms with E-state index in [0.29, 0.717) is 23.5 Å². The lowest BCUT2D eigenvalue weighted by Crippen LogP contribution is -2.43. The van der Waals surface area contributed by atoms with E-state index in [4.69, 9.17) is 0 Å². The zero-order chi connectivity index (χ0) is 15.6. The van der Waals surface area contributed by atoms with Crippen molar-refractivity contribution >= 4 is 34.0 Å². The highest BCUT2D eigenvalue weighted by atomic mass is 79.9. The van der Waals surface area contributed by atoms with Gasteiger partial charge in [-0.05, 0) is 18.7 Å². The third-order valence-corrected chi connectivity index (χ3v) is 3.60. The third kappa shape index (κ3) is 3.86. The first-order chi connectivity index (χ1) is 9.96. The lowest BCUT2D eigenvalue weighted by molar-refractivity contribution is -0.384. The molecule has 0 saturated carbocycles. The lowest BCUT2D eigenvalue weighted by Gasteiger charge is -2.32. The Morgan fingerprint density at radius 3 is 2.36 bits per heavy atom. The monoisotopic (exact) mass is 376 g/mol. The van der Waals surface area contributed by atoms with Crippen molar-refractivity contribution in [2.75, 3.05) is 23.7 Å². The molecule has 0 saturated heterocycles. The van der Waals surface area contributed by atoms with Crippen LogP contribution in [0.2, 0.25) is 0 Å². The van der Waals surface area contributed by atoms with Crippen molar-refractivity contribution in [3.8, 4) is 0 Å². The van der Waals surface area contributed by atoms with Crippen molar-refractivity contribution in [1.82, 2.24) is 4.90 Å². The topological polar surface area (TPSA) is 111 Å². The van der Waals surface area contributed by atoms with Gasteiger partial charge in [0.05, 0.1) is 16.3 Å². The zero-order valence-electron chi connectivity index (χ0n) is 12.4. The van der Waals surface area contributed by atoms with E-state index >= 15 is 0 Å². The molecular formula is C13H21BrN4O4. The number of hydrogen-bond acceptors (Lipinski definition) is 7. The minimum Gasteiger partial charge on any atom is -0.369 e. The molecule has 124 valence electrons. The zero-order valence-corrected chi connectivity index (χ0v) is 14.2. The molecule has 1 aliphatic rings. The van der Waals surface area contributed by atoms with Crippen molar-refractivity contribution in [2.45, 2.75) is 32.8 Å². The SMILES string of the molecule is Br.CCN(CC)Cc1cc([N+](=O)[O-])cc2c1NC(O)C(O)N2. The summed E-state index contributed by atoms with van der Waals surface area (Å²) < 4.78 is 0. The number of hydrogen-bond donors (Lipinski definition) is 4. The first kappa shape index (κ1) is 18.6. The summed E-state index contributed by atoms with van der Waals surface area (Å²) in [5.74, 6) is 0. The van der Waals surface area contributed by atoms with Gasteiger partial charge in [0.1, 0.15) is 0 Å².